The van der Waals surface area contributed by atoms with Gasteiger partial charge in [-0.2, -0.15) is 0 Å². The lowest BCUT2D eigenvalue weighted by Gasteiger charge is -2.30. The Morgan fingerprint density at radius 3 is 1.83 bits per heavy atom. The zero-order chi connectivity index (χ0) is 31.1. The quantitative estimate of drug-likeness (QED) is 0.138. The molecule has 2 amide bonds. The Morgan fingerprint density at radius 1 is 0.854 bits per heavy atom. The monoisotopic (exact) mass is 671 g/mol. The minimum Gasteiger partial charge on any atom is -0.444 e. The molecular weight excluding hydrogens is 638 g/mol. The summed E-state index contributed by atoms with van der Waals surface area (Å²) in [6, 6.07) is 7.10. The summed E-state index contributed by atoms with van der Waals surface area (Å²) in [7, 11) is 0. The molecule has 0 aromatic carbocycles. The van der Waals surface area contributed by atoms with Crippen molar-refractivity contribution < 1.29 is 29.0 Å². The van der Waals surface area contributed by atoms with E-state index in [1.807, 2.05) is 53.7 Å². The van der Waals surface area contributed by atoms with E-state index in [-0.39, 0.29) is 17.3 Å². The molecule has 9 nitrogen and oxygen atoms in total. The van der Waals surface area contributed by atoms with Gasteiger partial charge in [-0.1, -0.05) is 52.5 Å². The molecule has 4 heterocycles. The Hall–Kier alpha value is -1.91. The predicted octanol–water partition coefficient (Wildman–Crippen LogP) is 7.17. The number of carbonyl (C=O) groups is 2. The molecule has 2 aromatic rings. The van der Waals surface area contributed by atoms with Crippen LogP contribution in [0.2, 0.25) is 10.3 Å². The molecule has 2 aromatic heterocycles. The van der Waals surface area contributed by atoms with Gasteiger partial charge in [0.05, 0.1) is 19.5 Å². The summed E-state index contributed by atoms with van der Waals surface area (Å²) in [5.74, 6) is 0. The van der Waals surface area contributed by atoms with E-state index >= 15 is 0 Å². The highest BCUT2D eigenvalue weighted by molar-refractivity contribution is 6.63. The minimum atomic E-state index is -0.750. The van der Waals surface area contributed by atoms with E-state index in [1.54, 1.807) is 21.9 Å². The summed E-state index contributed by atoms with van der Waals surface area (Å²) in [5.41, 5.74) is 2.67. The van der Waals surface area contributed by atoms with Gasteiger partial charge in [-0.05, 0) is 70.8 Å². The first-order valence-corrected chi connectivity index (χ1v) is 14.9. The molecule has 0 bridgehead atoms. The second-order valence-corrected chi connectivity index (χ2v) is 14.0. The molecule has 228 valence electrons. The van der Waals surface area contributed by atoms with Gasteiger partial charge in [-0.25, -0.2) is 14.6 Å². The van der Waals surface area contributed by atoms with Crippen molar-refractivity contribution in [3.05, 3.63) is 57.1 Å². The summed E-state index contributed by atoms with van der Waals surface area (Å²) >= 11 is 26.1. The van der Waals surface area contributed by atoms with E-state index in [0.29, 0.717) is 37.8 Å². The molecule has 14 heteroatoms. The summed E-state index contributed by atoms with van der Waals surface area (Å²) in [6.07, 6.45) is 0.654. The zero-order valence-electron chi connectivity index (χ0n) is 23.9. The molecule has 0 fully saturated rings. The minimum absolute atomic E-state index is 0.268. The van der Waals surface area contributed by atoms with Crippen LogP contribution in [0.1, 0.15) is 64.1 Å². The molecule has 0 unspecified atom stereocenters. The Balaban J connectivity index is 0.000000254. The van der Waals surface area contributed by atoms with Gasteiger partial charge in [0.1, 0.15) is 16.4 Å². The van der Waals surface area contributed by atoms with Gasteiger partial charge < -0.3 is 19.3 Å². The summed E-state index contributed by atoms with van der Waals surface area (Å²) in [4.78, 5) is 31.5. The van der Waals surface area contributed by atoms with Crippen molar-refractivity contribution in [1.82, 2.24) is 14.8 Å². The normalized spacial score (nSPS) is 14.5. The van der Waals surface area contributed by atoms with Crippen molar-refractivity contribution in [2.45, 2.75) is 83.0 Å². The number of nitrogens with zero attached hydrogens (tertiary/aromatic N) is 4. The largest absolute Gasteiger partial charge is 0.444 e. The van der Waals surface area contributed by atoms with Gasteiger partial charge in [-0.3, -0.25) is 5.21 Å². The molecule has 4 rings (SSSR count). The number of fused-ring (bicyclic) bond motifs is 2. The second-order valence-electron chi connectivity index (χ2n) is 11.2. The van der Waals surface area contributed by atoms with Gasteiger partial charge in [0.15, 0.2) is 4.30 Å². The number of aromatic nitrogens is 2. The lowest BCUT2D eigenvalue weighted by molar-refractivity contribution is -0.908. The SMILES string of the molecule is CC(C)(C)OC(=O)N1CCc2c(ccc(Cl)[n+]2O)C1.CC(C)(C)OC(=O)N1CCc2nc(Cl)ccc2C1.ClC(Cl)Cl. The Labute approximate surface area is 266 Å². The number of hydrogen-bond donors (Lipinski definition) is 1. The average Bonchev–Trinajstić information content (AvgIpc) is 2.84. The summed E-state index contributed by atoms with van der Waals surface area (Å²) in [6.45, 7) is 13.2. The van der Waals surface area contributed by atoms with Gasteiger partial charge >= 0.3 is 17.3 Å². The standard InChI is InChI=1S/C13H18ClN2O3.C13H17ClN2O2.CHCl3/c1-13(2,3)19-12(17)15-7-6-10-9(8-15)4-5-11(14)16(10)18;1-13(2,3)18-12(17)16-7-6-10-9(8-16)4-5-11(14)15-10;2-1(3)4/h4-5,18H,6-8H2,1-3H3;4-5H,6-8H2,1-3H3;1H/q+1;;. The third-order valence-corrected chi connectivity index (χ3v) is 6.04. The molecular formula is C27H36Cl5N4O5+. The van der Waals surface area contributed by atoms with Gasteiger partial charge in [0.2, 0.25) is 5.69 Å². The van der Waals surface area contributed by atoms with Crippen LogP contribution in [-0.2, 0) is 35.4 Å². The third-order valence-electron chi connectivity index (χ3n) is 5.55. The molecule has 41 heavy (non-hydrogen) atoms. The van der Waals surface area contributed by atoms with E-state index in [0.717, 1.165) is 33.7 Å². The lowest BCUT2D eigenvalue weighted by atomic mass is 10.1. The van der Waals surface area contributed by atoms with E-state index in [4.69, 9.17) is 67.5 Å². The van der Waals surface area contributed by atoms with Crippen molar-refractivity contribution in [1.29, 1.82) is 0 Å². The third kappa shape index (κ3) is 12.1. The molecule has 0 atom stereocenters. The molecule has 0 saturated heterocycles. The predicted molar refractivity (Wildman–Crippen MR) is 160 cm³/mol. The van der Waals surface area contributed by atoms with Crippen LogP contribution in [-0.4, -0.2) is 60.8 Å². The number of carbonyl (C=O) groups excluding carboxylic acids is 2. The zero-order valence-corrected chi connectivity index (χ0v) is 27.7. The van der Waals surface area contributed by atoms with Crippen LogP contribution >= 0.6 is 58.0 Å². The van der Waals surface area contributed by atoms with E-state index in [2.05, 4.69) is 4.98 Å². The highest BCUT2D eigenvalue weighted by Crippen LogP contribution is 2.22. The highest BCUT2D eigenvalue weighted by atomic mass is 35.6. The molecule has 2 aliphatic rings. The number of ether oxygens (including phenoxy) is 2. The fourth-order valence-electron chi connectivity index (χ4n) is 3.89. The molecule has 0 saturated carbocycles. The van der Waals surface area contributed by atoms with Crippen LogP contribution in [0.25, 0.3) is 0 Å². The number of hydrogen-bond acceptors (Lipinski definition) is 6. The van der Waals surface area contributed by atoms with Crippen LogP contribution in [0.5, 0.6) is 0 Å². The molecule has 0 aliphatic carbocycles. The first kappa shape index (κ1) is 35.3. The van der Waals surface area contributed by atoms with Crippen molar-refractivity contribution in [3.63, 3.8) is 0 Å². The fraction of sp³-hybridized carbons (Fsp3) is 0.556. The number of halogens is 5. The van der Waals surface area contributed by atoms with Crippen molar-refractivity contribution >= 4 is 70.2 Å². The van der Waals surface area contributed by atoms with E-state index in [1.165, 1.54) is 0 Å². The maximum atomic E-state index is 12.0. The van der Waals surface area contributed by atoms with E-state index in [9.17, 15) is 14.8 Å². The summed E-state index contributed by atoms with van der Waals surface area (Å²) in [5, 5.41) is 10.6. The molecule has 0 spiro atoms. The van der Waals surface area contributed by atoms with Crippen LogP contribution < -0.4 is 4.73 Å². The first-order valence-electron chi connectivity index (χ1n) is 12.8. The van der Waals surface area contributed by atoms with Crippen molar-refractivity contribution in [3.8, 4) is 0 Å². The maximum Gasteiger partial charge on any atom is 0.410 e. The van der Waals surface area contributed by atoms with E-state index < -0.39 is 15.5 Å². The molecule has 1 N–H and O–H groups in total. The van der Waals surface area contributed by atoms with Crippen LogP contribution in [0.3, 0.4) is 0 Å². The maximum absolute atomic E-state index is 12.0. The van der Waals surface area contributed by atoms with Gasteiger partial charge in [0.25, 0.3) is 0 Å². The Morgan fingerprint density at radius 2 is 1.32 bits per heavy atom. The smallest absolute Gasteiger partial charge is 0.410 e. The average molecular weight is 674 g/mol. The molecule has 0 radical (unpaired) electrons. The Kier molecular flexibility index (Phi) is 12.9. The van der Waals surface area contributed by atoms with Crippen LogP contribution in [0.15, 0.2) is 24.3 Å². The number of pyridine rings is 2. The topological polar surface area (TPSA) is 96.1 Å². The number of amides is 2. The fourth-order valence-corrected chi connectivity index (χ4v) is 4.22. The number of rotatable bonds is 0. The van der Waals surface area contributed by atoms with Gasteiger partial charge in [0, 0.05) is 41.6 Å². The first-order chi connectivity index (χ1) is 18.9. The van der Waals surface area contributed by atoms with Gasteiger partial charge in [-0.15, -0.1) is 0 Å². The Bertz CT molecular complexity index is 1220. The number of alkyl halides is 3. The lowest BCUT2D eigenvalue weighted by Crippen LogP contribution is -2.46. The van der Waals surface area contributed by atoms with Crippen molar-refractivity contribution in [2.75, 3.05) is 13.1 Å². The highest BCUT2D eigenvalue weighted by Gasteiger charge is 2.31. The van der Waals surface area contributed by atoms with Crippen LogP contribution in [0, 0.1) is 0 Å². The summed E-state index contributed by atoms with van der Waals surface area (Å²) < 4.78 is 10.9. The molecule has 2 aliphatic heterocycles. The van der Waals surface area contributed by atoms with Crippen molar-refractivity contribution in [2.24, 2.45) is 0 Å². The second kappa shape index (κ2) is 15.0. The van der Waals surface area contributed by atoms with Crippen LogP contribution in [0.4, 0.5) is 9.59 Å².